The van der Waals surface area contributed by atoms with E-state index in [0.29, 0.717) is 29.1 Å². The van der Waals surface area contributed by atoms with Crippen molar-refractivity contribution in [1.82, 2.24) is 9.55 Å². The summed E-state index contributed by atoms with van der Waals surface area (Å²) in [6.07, 6.45) is 0.746. The molecule has 1 fully saturated rings. The number of aliphatic hydroxyl groups is 1. The van der Waals surface area contributed by atoms with Gasteiger partial charge in [-0.2, -0.15) is 0 Å². The molecule has 8 nitrogen and oxygen atoms in total. The molecule has 0 aliphatic carbocycles. The van der Waals surface area contributed by atoms with Crippen LogP contribution in [0.15, 0.2) is 29.1 Å². The lowest BCUT2D eigenvalue weighted by Gasteiger charge is -2.32. The largest absolute Gasteiger partial charge is 0.494 e. The van der Waals surface area contributed by atoms with Gasteiger partial charge in [-0.3, -0.25) is 4.79 Å². The Morgan fingerprint density at radius 2 is 1.75 bits per heavy atom. The Balaban J connectivity index is 1.51. The number of hydrogen-bond donors (Lipinski definition) is 1. The summed E-state index contributed by atoms with van der Waals surface area (Å²) in [6.45, 7) is 11.8. The number of esters is 1. The lowest BCUT2D eigenvalue weighted by atomic mass is 9.78. The van der Waals surface area contributed by atoms with Gasteiger partial charge >= 0.3 is 13.1 Å². The fourth-order valence-electron chi connectivity index (χ4n) is 5.46. The van der Waals surface area contributed by atoms with Crippen LogP contribution in [0.4, 0.5) is 0 Å². The van der Waals surface area contributed by atoms with Gasteiger partial charge in [-0.25, -0.2) is 9.78 Å². The highest BCUT2D eigenvalue weighted by Crippen LogP contribution is 2.40. The van der Waals surface area contributed by atoms with E-state index in [9.17, 15) is 14.7 Å². The van der Waals surface area contributed by atoms with E-state index in [1.165, 1.54) is 6.92 Å². The van der Waals surface area contributed by atoms with Gasteiger partial charge in [0.1, 0.15) is 6.61 Å². The number of rotatable bonds is 2. The molecular weight excluding hydrogens is 459 g/mol. The van der Waals surface area contributed by atoms with E-state index in [4.69, 9.17) is 19.0 Å². The maximum atomic E-state index is 13.4. The fraction of sp³-hybridized carbons (Fsp3) is 0.444. The van der Waals surface area contributed by atoms with Crippen molar-refractivity contribution in [3.05, 3.63) is 56.9 Å². The summed E-state index contributed by atoms with van der Waals surface area (Å²) in [5, 5.41) is 11.8. The molecule has 0 bridgehead atoms. The number of carbonyl (C=O) groups excluding carboxylic acids is 1. The number of nitrogens with zero attached hydrogens (tertiary/aromatic N) is 2. The molecule has 0 spiro atoms. The topological polar surface area (TPSA) is 99.9 Å². The van der Waals surface area contributed by atoms with E-state index < -0.39 is 29.9 Å². The summed E-state index contributed by atoms with van der Waals surface area (Å²) in [7, 11) is -0.483. The van der Waals surface area contributed by atoms with Gasteiger partial charge in [0.2, 0.25) is 0 Å². The summed E-state index contributed by atoms with van der Waals surface area (Å²) < 4.78 is 19.3. The van der Waals surface area contributed by atoms with Gasteiger partial charge in [-0.15, -0.1) is 0 Å². The van der Waals surface area contributed by atoms with E-state index in [0.717, 1.165) is 33.9 Å². The zero-order valence-electron chi connectivity index (χ0n) is 21.4. The van der Waals surface area contributed by atoms with Gasteiger partial charge < -0.3 is 23.7 Å². The minimum atomic E-state index is -1.88. The van der Waals surface area contributed by atoms with E-state index in [2.05, 4.69) is 13.0 Å². The molecule has 1 aromatic carbocycles. The van der Waals surface area contributed by atoms with Crippen LogP contribution in [0, 0.1) is 0 Å². The second-order valence-corrected chi connectivity index (χ2v) is 11.1. The smallest absolute Gasteiger partial charge is 0.458 e. The van der Waals surface area contributed by atoms with Crippen molar-refractivity contribution < 1.29 is 23.9 Å². The molecule has 36 heavy (non-hydrogen) atoms. The monoisotopic (exact) mass is 488 g/mol. The van der Waals surface area contributed by atoms with Crippen LogP contribution in [0.1, 0.15) is 63.8 Å². The molecular formula is C27H29BN2O6. The molecule has 1 atom stereocenters. The predicted molar refractivity (Wildman–Crippen MR) is 135 cm³/mol. The van der Waals surface area contributed by atoms with E-state index in [-0.39, 0.29) is 12.2 Å². The summed E-state index contributed by atoms with van der Waals surface area (Å²) in [6, 6.07) is 7.73. The van der Waals surface area contributed by atoms with E-state index in [1.807, 2.05) is 39.8 Å². The van der Waals surface area contributed by atoms with Gasteiger partial charge in [-0.1, -0.05) is 19.1 Å². The van der Waals surface area contributed by atoms with Crippen molar-refractivity contribution in [2.45, 2.75) is 77.9 Å². The number of aryl methyl sites for hydroxylation is 1. The van der Waals surface area contributed by atoms with Crippen molar-refractivity contribution in [2.24, 2.45) is 0 Å². The molecule has 3 aliphatic rings. The van der Waals surface area contributed by atoms with Gasteiger partial charge in [0.25, 0.3) is 5.56 Å². The molecule has 0 radical (unpaired) electrons. The highest BCUT2D eigenvalue weighted by molar-refractivity contribution is 6.62. The Morgan fingerprint density at radius 1 is 1.06 bits per heavy atom. The summed E-state index contributed by atoms with van der Waals surface area (Å²) >= 11 is 0. The molecule has 9 heteroatoms. The first-order chi connectivity index (χ1) is 16.9. The molecule has 1 saturated heterocycles. The number of benzene rings is 1. The second kappa shape index (κ2) is 7.28. The zero-order chi connectivity index (χ0) is 25.8. The van der Waals surface area contributed by atoms with Gasteiger partial charge in [-0.05, 0) is 64.2 Å². The highest BCUT2D eigenvalue weighted by Gasteiger charge is 2.51. The number of ether oxygens (including phenoxy) is 1. The average molecular weight is 488 g/mol. The maximum Gasteiger partial charge on any atom is 0.494 e. The first kappa shape index (κ1) is 23.4. The number of hydrogen-bond acceptors (Lipinski definition) is 7. The standard InChI is InChI=1S/C27H29BN2O6/c1-7-15-16-10-14(28-35-25(2,3)26(4,5)36-28)8-9-20(16)29-22-17(15)12-30-21(22)11-19-18(23(30)31)13-34-24(32)27(19,6)33/h8-11,33H,7,12-13H2,1-6H3/t27-/m0/s1. The Morgan fingerprint density at radius 3 is 2.42 bits per heavy atom. The minimum absolute atomic E-state index is 0.146. The van der Waals surface area contributed by atoms with Crippen LogP contribution in [-0.4, -0.2) is 38.9 Å². The number of aromatic nitrogens is 2. The Kier molecular flexibility index (Phi) is 4.73. The Hall–Kier alpha value is -3.01. The van der Waals surface area contributed by atoms with E-state index in [1.54, 1.807) is 10.6 Å². The summed E-state index contributed by atoms with van der Waals surface area (Å²) in [4.78, 5) is 30.6. The van der Waals surface area contributed by atoms with Gasteiger partial charge in [0.15, 0.2) is 5.60 Å². The number of cyclic esters (lactones) is 1. The molecule has 0 unspecified atom stereocenters. The normalized spacial score (nSPS) is 23.4. The zero-order valence-corrected chi connectivity index (χ0v) is 21.4. The molecule has 0 amide bonds. The number of pyridine rings is 2. The quantitative estimate of drug-likeness (QED) is 0.342. The SMILES string of the molecule is CCc1c2c(nc3ccc(B4OC(C)(C)C(C)(C)O4)cc13)-c1cc3c(c(=O)n1C2)COC(=O)[C@@]3(C)O. The third-order valence-electron chi connectivity index (χ3n) is 8.34. The summed E-state index contributed by atoms with van der Waals surface area (Å²) in [5.74, 6) is -0.756. The molecule has 2 aromatic heterocycles. The van der Waals surface area contributed by atoms with E-state index >= 15 is 0 Å². The molecule has 1 N–H and O–H groups in total. The van der Waals surface area contributed by atoms with Gasteiger partial charge in [0, 0.05) is 16.5 Å². The van der Waals surface area contributed by atoms with Crippen LogP contribution >= 0.6 is 0 Å². The first-order valence-electron chi connectivity index (χ1n) is 12.3. The van der Waals surface area contributed by atoms with Crippen molar-refractivity contribution in [2.75, 3.05) is 0 Å². The minimum Gasteiger partial charge on any atom is -0.458 e. The number of fused-ring (bicyclic) bond motifs is 5. The van der Waals surface area contributed by atoms with Crippen molar-refractivity contribution >= 4 is 29.5 Å². The number of carbonyl (C=O) groups is 1. The molecule has 5 heterocycles. The van der Waals surface area contributed by atoms with Gasteiger partial charge in [0.05, 0.1) is 40.2 Å². The molecule has 3 aromatic rings. The van der Waals surface area contributed by atoms with Crippen molar-refractivity contribution in [3.63, 3.8) is 0 Å². The Labute approximate surface area is 209 Å². The van der Waals surface area contributed by atoms with Crippen molar-refractivity contribution in [3.8, 4) is 11.4 Å². The highest BCUT2D eigenvalue weighted by atomic mass is 16.7. The second-order valence-electron chi connectivity index (χ2n) is 11.1. The molecule has 3 aliphatic heterocycles. The van der Waals surface area contributed by atoms with Crippen LogP contribution in [0.2, 0.25) is 0 Å². The third kappa shape index (κ3) is 3.03. The van der Waals surface area contributed by atoms with Crippen LogP contribution in [0.25, 0.3) is 22.3 Å². The first-order valence-corrected chi connectivity index (χ1v) is 12.3. The summed E-state index contributed by atoms with van der Waals surface area (Å²) in [5.41, 5.74) is 2.69. The van der Waals surface area contributed by atoms with Crippen LogP contribution in [0.3, 0.4) is 0 Å². The lowest BCUT2D eigenvalue weighted by molar-refractivity contribution is -0.169. The molecule has 0 saturated carbocycles. The molecule has 186 valence electrons. The predicted octanol–water partition coefficient (Wildman–Crippen LogP) is 2.55. The van der Waals surface area contributed by atoms with Crippen LogP contribution in [0.5, 0.6) is 0 Å². The molecule has 6 rings (SSSR count). The maximum absolute atomic E-state index is 13.4. The van der Waals surface area contributed by atoms with Crippen molar-refractivity contribution in [1.29, 1.82) is 0 Å². The average Bonchev–Trinajstić information content (AvgIpc) is 3.28. The lowest BCUT2D eigenvalue weighted by Crippen LogP contribution is -2.42. The van der Waals surface area contributed by atoms with Crippen LogP contribution in [-0.2, 0) is 44.0 Å². The fourth-order valence-corrected chi connectivity index (χ4v) is 5.46. The third-order valence-corrected chi connectivity index (χ3v) is 8.34. The Bertz CT molecular complexity index is 1520. The van der Waals surface area contributed by atoms with Crippen LogP contribution < -0.4 is 11.0 Å².